The lowest BCUT2D eigenvalue weighted by atomic mass is 10.0. The van der Waals surface area contributed by atoms with Gasteiger partial charge in [0.1, 0.15) is 5.82 Å². The number of rotatable bonds is 2. The van der Waals surface area contributed by atoms with E-state index < -0.39 is 15.8 Å². The summed E-state index contributed by atoms with van der Waals surface area (Å²) in [6.07, 6.45) is 2.76. The van der Waals surface area contributed by atoms with Gasteiger partial charge in [-0.15, -0.1) is 10.2 Å². The first kappa shape index (κ1) is 13.0. The summed E-state index contributed by atoms with van der Waals surface area (Å²) in [4.78, 5) is 11.0. The molecule has 2 aromatic heterocycles. The van der Waals surface area contributed by atoms with Crippen molar-refractivity contribution in [2.24, 2.45) is 0 Å². The molecule has 0 spiro atoms. The predicted molar refractivity (Wildman–Crippen MR) is 70.6 cm³/mol. The Labute approximate surface area is 115 Å². The molecule has 1 saturated heterocycles. The molecule has 0 aromatic carbocycles. The number of aromatic carboxylic acids is 1. The summed E-state index contributed by atoms with van der Waals surface area (Å²) in [5.74, 6) is -0.493. The van der Waals surface area contributed by atoms with Gasteiger partial charge in [-0.3, -0.25) is 4.40 Å². The second-order valence-electron chi connectivity index (χ2n) is 4.96. The van der Waals surface area contributed by atoms with Crippen LogP contribution in [-0.4, -0.2) is 45.6 Å². The monoisotopic (exact) mass is 295 g/mol. The van der Waals surface area contributed by atoms with Crippen LogP contribution in [0.2, 0.25) is 0 Å². The fourth-order valence-electron chi connectivity index (χ4n) is 2.54. The first-order chi connectivity index (χ1) is 9.46. The second-order valence-corrected chi connectivity index (χ2v) is 7.19. The Morgan fingerprint density at radius 3 is 2.85 bits per heavy atom. The fraction of sp³-hybridized carbons (Fsp3) is 0.417. The number of carbonyl (C=O) groups is 1. The minimum Gasteiger partial charge on any atom is -0.478 e. The summed E-state index contributed by atoms with van der Waals surface area (Å²) < 4.78 is 25.0. The molecule has 7 nitrogen and oxygen atoms in total. The van der Waals surface area contributed by atoms with E-state index in [2.05, 4.69) is 10.2 Å². The molecular formula is C12H13N3O4S. The highest BCUT2D eigenvalue weighted by Gasteiger charge is 2.29. The maximum absolute atomic E-state index is 11.7. The molecule has 106 valence electrons. The van der Waals surface area contributed by atoms with Gasteiger partial charge in [-0.1, -0.05) is 0 Å². The van der Waals surface area contributed by atoms with E-state index in [1.807, 2.05) is 0 Å². The SMILES string of the molecule is O=C(O)c1ccc2nnc(C3CCCS(=O)(=O)C3)n2c1. The van der Waals surface area contributed by atoms with E-state index in [0.29, 0.717) is 17.9 Å². The highest BCUT2D eigenvalue weighted by molar-refractivity contribution is 7.91. The summed E-state index contributed by atoms with van der Waals surface area (Å²) >= 11 is 0. The maximum atomic E-state index is 11.7. The summed E-state index contributed by atoms with van der Waals surface area (Å²) in [5, 5.41) is 17.0. The van der Waals surface area contributed by atoms with E-state index in [-0.39, 0.29) is 23.0 Å². The zero-order valence-electron chi connectivity index (χ0n) is 10.6. The van der Waals surface area contributed by atoms with Gasteiger partial charge < -0.3 is 5.11 Å². The number of fused-ring (bicyclic) bond motifs is 1. The van der Waals surface area contributed by atoms with E-state index in [9.17, 15) is 13.2 Å². The molecule has 0 aliphatic carbocycles. The Morgan fingerprint density at radius 2 is 2.15 bits per heavy atom. The number of carboxylic acids is 1. The molecule has 0 bridgehead atoms. The van der Waals surface area contributed by atoms with Crippen molar-refractivity contribution >= 4 is 21.5 Å². The summed E-state index contributed by atoms with van der Waals surface area (Å²) in [6.45, 7) is 0. The largest absolute Gasteiger partial charge is 0.478 e. The van der Waals surface area contributed by atoms with Gasteiger partial charge in [-0.2, -0.15) is 0 Å². The van der Waals surface area contributed by atoms with Crippen molar-refractivity contribution in [1.82, 2.24) is 14.6 Å². The third kappa shape index (κ3) is 2.26. The third-order valence-corrected chi connectivity index (χ3v) is 5.32. The fourth-order valence-corrected chi connectivity index (χ4v) is 4.24. The molecule has 1 fully saturated rings. The first-order valence-corrected chi connectivity index (χ1v) is 8.07. The third-order valence-electron chi connectivity index (χ3n) is 3.50. The van der Waals surface area contributed by atoms with Crippen LogP contribution in [0.4, 0.5) is 0 Å². The molecule has 20 heavy (non-hydrogen) atoms. The molecule has 2 aromatic rings. The van der Waals surface area contributed by atoms with Crippen LogP contribution in [0.25, 0.3) is 5.65 Å². The van der Waals surface area contributed by atoms with Crippen LogP contribution in [0.5, 0.6) is 0 Å². The summed E-state index contributed by atoms with van der Waals surface area (Å²) in [5.41, 5.74) is 0.644. The zero-order valence-corrected chi connectivity index (χ0v) is 11.4. The van der Waals surface area contributed by atoms with Gasteiger partial charge >= 0.3 is 5.97 Å². The smallest absolute Gasteiger partial charge is 0.337 e. The number of carboxylic acid groups (broad SMARTS) is 1. The zero-order chi connectivity index (χ0) is 14.3. The number of sulfone groups is 1. The summed E-state index contributed by atoms with van der Waals surface area (Å²) in [7, 11) is -3.05. The standard InChI is InChI=1S/C12H13N3O4S/c16-12(17)8-3-4-10-13-14-11(15(10)6-8)9-2-1-5-20(18,19)7-9/h3-4,6,9H,1-2,5,7H2,(H,16,17). The van der Waals surface area contributed by atoms with E-state index in [1.54, 1.807) is 10.5 Å². The lowest BCUT2D eigenvalue weighted by Crippen LogP contribution is -2.25. The summed E-state index contributed by atoms with van der Waals surface area (Å²) in [6, 6.07) is 3.02. The Bertz CT molecular complexity index is 781. The number of aromatic nitrogens is 3. The Morgan fingerprint density at radius 1 is 1.35 bits per heavy atom. The van der Waals surface area contributed by atoms with E-state index >= 15 is 0 Å². The molecule has 0 amide bonds. The van der Waals surface area contributed by atoms with Crippen molar-refractivity contribution in [2.75, 3.05) is 11.5 Å². The predicted octanol–water partition coefficient (Wildman–Crippen LogP) is 0.720. The Balaban J connectivity index is 2.07. The van der Waals surface area contributed by atoms with E-state index in [4.69, 9.17) is 5.11 Å². The Kier molecular flexibility index (Phi) is 2.97. The van der Waals surface area contributed by atoms with Gasteiger partial charge in [-0.05, 0) is 25.0 Å². The highest BCUT2D eigenvalue weighted by atomic mass is 32.2. The van der Waals surface area contributed by atoms with Crippen molar-refractivity contribution in [2.45, 2.75) is 18.8 Å². The van der Waals surface area contributed by atoms with Gasteiger partial charge in [0.15, 0.2) is 15.5 Å². The van der Waals surface area contributed by atoms with Crippen LogP contribution in [0.15, 0.2) is 18.3 Å². The number of hydrogen-bond acceptors (Lipinski definition) is 5. The normalized spacial score (nSPS) is 21.9. The lowest BCUT2D eigenvalue weighted by molar-refractivity contribution is 0.0696. The van der Waals surface area contributed by atoms with Crippen LogP contribution in [0.1, 0.15) is 34.9 Å². The topological polar surface area (TPSA) is 102 Å². The quantitative estimate of drug-likeness (QED) is 0.876. The van der Waals surface area contributed by atoms with Gasteiger partial charge in [-0.25, -0.2) is 13.2 Å². The average molecular weight is 295 g/mol. The van der Waals surface area contributed by atoms with Gasteiger partial charge in [0.05, 0.1) is 17.1 Å². The molecule has 3 rings (SSSR count). The van der Waals surface area contributed by atoms with Gasteiger partial charge in [0.25, 0.3) is 0 Å². The van der Waals surface area contributed by atoms with Crippen LogP contribution in [-0.2, 0) is 9.84 Å². The molecule has 1 aliphatic rings. The van der Waals surface area contributed by atoms with Crippen LogP contribution >= 0.6 is 0 Å². The molecule has 1 N–H and O–H groups in total. The lowest BCUT2D eigenvalue weighted by Gasteiger charge is -2.20. The minimum absolute atomic E-state index is 0.0467. The van der Waals surface area contributed by atoms with Crippen molar-refractivity contribution in [3.63, 3.8) is 0 Å². The van der Waals surface area contributed by atoms with Crippen LogP contribution in [0, 0.1) is 0 Å². The van der Waals surface area contributed by atoms with E-state index in [1.165, 1.54) is 12.3 Å². The van der Waals surface area contributed by atoms with Crippen LogP contribution in [0.3, 0.4) is 0 Å². The average Bonchev–Trinajstić information content (AvgIpc) is 2.80. The Hall–Kier alpha value is -1.96. The van der Waals surface area contributed by atoms with Gasteiger partial charge in [0, 0.05) is 12.1 Å². The molecule has 1 atom stereocenters. The molecule has 0 radical (unpaired) electrons. The molecular weight excluding hydrogens is 282 g/mol. The molecule has 8 heteroatoms. The van der Waals surface area contributed by atoms with Crippen molar-refractivity contribution in [3.8, 4) is 0 Å². The maximum Gasteiger partial charge on any atom is 0.337 e. The number of nitrogens with zero attached hydrogens (tertiary/aromatic N) is 3. The first-order valence-electron chi connectivity index (χ1n) is 6.25. The molecule has 1 unspecified atom stereocenters. The molecule has 3 heterocycles. The minimum atomic E-state index is -3.05. The number of pyridine rings is 1. The number of hydrogen-bond donors (Lipinski definition) is 1. The second kappa shape index (κ2) is 4.55. The van der Waals surface area contributed by atoms with Crippen molar-refractivity contribution in [3.05, 3.63) is 29.7 Å². The molecule has 1 aliphatic heterocycles. The van der Waals surface area contributed by atoms with Crippen molar-refractivity contribution in [1.29, 1.82) is 0 Å². The highest BCUT2D eigenvalue weighted by Crippen LogP contribution is 2.27. The van der Waals surface area contributed by atoms with Crippen molar-refractivity contribution < 1.29 is 18.3 Å². The van der Waals surface area contributed by atoms with Gasteiger partial charge in [0.2, 0.25) is 0 Å². The van der Waals surface area contributed by atoms with E-state index in [0.717, 1.165) is 6.42 Å². The van der Waals surface area contributed by atoms with Crippen LogP contribution < -0.4 is 0 Å². The molecule has 0 saturated carbocycles.